The number of benzene rings is 2. The molecule has 0 saturated carbocycles. The van der Waals surface area contributed by atoms with Gasteiger partial charge in [-0.2, -0.15) is 0 Å². The number of aromatic carboxylic acids is 2. The van der Waals surface area contributed by atoms with Gasteiger partial charge < -0.3 is 44.6 Å². The van der Waals surface area contributed by atoms with Crippen LogP contribution in [0.15, 0.2) is 52.1 Å². The minimum Gasteiger partial charge on any atom is -0.506 e. The van der Waals surface area contributed by atoms with Gasteiger partial charge in [-0.25, -0.2) is 9.59 Å². The molecule has 0 unspecified atom stereocenters. The van der Waals surface area contributed by atoms with Gasteiger partial charge in [0.2, 0.25) is 0 Å². The molecular formula is C34H40N4O9. The van der Waals surface area contributed by atoms with Crippen molar-refractivity contribution in [2.45, 2.75) is 26.7 Å². The maximum absolute atomic E-state index is 12.1. The highest BCUT2D eigenvalue weighted by molar-refractivity contribution is 5.92. The van der Waals surface area contributed by atoms with Crippen molar-refractivity contribution in [3.63, 3.8) is 0 Å². The molecule has 0 aliphatic rings. The number of ether oxygens (including phenoxy) is 2. The first-order valence-electron chi connectivity index (χ1n) is 14.6. The average molecular weight is 649 g/mol. The Labute approximate surface area is 271 Å². The van der Waals surface area contributed by atoms with Crippen molar-refractivity contribution in [2.24, 2.45) is 0 Å². The zero-order valence-electron chi connectivity index (χ0n) is 27.6. The van der Waals surface area contributed by atoms with Crippen LogP contribution in [0.5, 0.6) is 17.2 Å². The molecule has 2 aromatic heterocycles. The number of aromatic nitrogens is 2. The Morgan fingerprint density at radius 1 is 0.723 bits per heavy atom. The summed E-state index contributed by atoms with van der Waals surface area (Å²) in [5, 5.41) is 28.4. The first-order valence-corrected chi connectivity index (χ1v) is 14.6. The quantitative estimate of drug-likeness (QED) is 0.164. The van der Waals surface area contributed by atoms with E-state index in [0.29, 0.717) is 46.9 Å². The monoisotopic (exact) mass is 648 g/mol. The second kappa shape index (κ2) is 15.0. The highest BCUT2D eigenvalue weighted by Crippen LogP contribution is 2.37. The molecule has 0 radical (unpaired) electrons. The van der Waals surface area contributed by atoms with E-state index in [9.17, 15) is 24.3 Å². The van der Waals surface area contributed by atoms with Crippen molar-refractivity contribution in [1.29, 1.82) is 0 Å². The largest absolute Gasteiger partial charge is 0.506 e. The van der Waals surface area contributed by atoms with Gasteiger partial charge >= 0.3 is 11.9 Å². The molecule has 4 rings (SSSR count). The van der Waals surface area contributed by atoms with Crippen LogP contribution in [0, 0.1) is 0 Å². The normalized spacial score (nSPS) is 10.5. The number of H-pyrrole nitrogens is 2. The lowest BCUT2D eigenvalue weighted by atomic mass is 9.99. The van der Waals surface area contributed by atoms with Crippen LogP contribution < -0.4 is 30.4 Å². The van der Waals surface area contributed by atoms with Gasteiger partial charge in [0.15, 0.2) is 5.56 Å². The van der Waals surface area contributed by atoms with Crippen LogP contribution in [0.3, 0.4) is 0 Å². The van der Waals surface area contributed by atoms with Gasteiger partial charge in [-0.15, -0.1) is 0 Å². The molecule has 0 fully saturated rings. The fourth-order valence-corrected chi connectivity index (χ4v) is 4.98. The molecule has 0 aliphatic carbocycles. The summed E-state index contributed by atoms with van der Waals surface area (Å²) in [5.41, 5.74) is 2.82. The van der Waals surface area contributed by atoms with Gasteiger partial charge in [0.05, 0.1) is 25.6 Å². The zero-order valence-corrected chi connectivity index (χ0v) is 27.6. The van der Waals surface area contributed by atoms with Gasteiger partial charge in [0.1, 0.15) is 22.8 Å². The SMILES string of the molecule is CCc1c(-c2ccc(N(C)C)cc2OC)[nH]c(=O)c(C(=O)O)c1O.CCc1cc(C(=O)O)c(=O)[nH]c1-c1ccc(N(C)C)cc1OC. The summed E-state index contributed by atoms with van der Waals surface area (Å²) < 4.78 is 10.8. The first kappa shape index (κ1) is 35.8. The predicted octanol–water partition coefficient (Wildman–Crippen LogP) is 4.46. The third-order valence-corrected chi connectivity index (χ3v) is 7.53. The smallest absolute Gasteiger partial charge is 0.345 e. The zero-order chi connectivity index (χ0) is 35.2. The number of carboxylic acids is 2. The molecule has 4 aromatic rings. The number of hydrogen-bond donors (Lipinski definition) is 5. The topological polar surface area (TPSA) is 185 Å². The number of pyridine rings is 2. The molecule has 47 heavy (non-hydrogen) atoms. The lowest BCUT2D eigenvalue weighted by molar-refractivity contribution is 0.0682. The van der Waals surface area contributed by atoms with Crippen LogP contribution in [0.1, 0.15) is 45.7 Å². The Bertz CT molecular complexity index is 1910. The minimum atomic E-state index is -1.47. The van der Waals surface area contributed by atoms with E-state index in [0.717, 1.165) is 22.5 Å². The molecular weight excluding hydrogens is 608 g/mol. The van der Waals surface area contributed by atoms with Crippen molar-refractivity contribution in [3.05, 3.63) is 85.4 Å². The Morgan fingerprint density at radius 2 is 1.21 bits per heavy atom. The second-order valence-electron chi connectivity index (χ2n) is 10.8. The lowest BCUT2D eigenvalue weighted by Gasteiger charge is -2.18. The summed E-state index contributed by atoms with van der Waals surface area (Å²) >= 11 is 0. The number of anilines is 2. The van der Waals surface area contributed by atoms with E-state index in [1.54, 1.807) is 26.2 Å². The van der Waals surface area contributed by atoms with Crippen LogP contribution in [0.2, 0.25) is 0 Å². The Hall–Kier alpha value is -5.72. The Kier molecular flexibility index (Phi) is 11.4. The number of carboxylic acid groups (broad SMARTS) is 2. The molecule has 13 nitrogen and oxygen atoms in total. The van der Waals surface area contributed by atoms with Gasteiger partial charge in [0, 0.05) is 68.4 Å². The van der Waals surface area contributed by atoms with Crippen LogP contribution in [-0.4, -0.2) is 79.6 Å². The van der Waals surface area contributed by atoms with E-state index in [1.165, 1.54) is 13.2 Å². The number of nitrogens with zero attached hydrogens (tertiary/aromatic N) is 2. The van der Waals surface area contributed by atoms with Crippen molar-refractivity contribution in [3.8, 4) is 39.8 Å². The summed E-state index contributed by atoms with van der Waals surface area (Å²) in [6, 6.07) is 12.5. The van der Waals surface area contributed by atoms with Crippen LogP contribution in [-0.2, 0) is 12.8 Å². The van der Waals surface area contributed by atoms with E-state index in [2.05, 4.69) is 9.97 Å². The van der Waals surface area contributed by atoms with Crippen molar-refractivity contribution in [1.82, 2.24) is 9.97 Å². The number of nitrogens with one attached hydrogen (secondary N) is 2. The Morgan fingerprint density at radius 3 is 1.62 bits per heavy atom. The molecule has 0 spiro atoms. The molecule has 0 bridgehead atoms. The standard InChI is InChI=1S/C17H20N2O5.C17H20N2O4/c1-5-10-14(18-16(21)13(15(10)20)17(22)23)11-7-6-9(19(2)3)8-12(11)24-4;1-5-10-8-13(17(21)22)16(20)18-15(10)12-7-6-11(19(2)3)9-14(12)23-4/h6-8H,5H2,1-4H3,(H,22,23)(H2,18,20,21);6-9H,5H2,1-4H3,(H,18,20)(H,21,22). The van der Waals surface area contributed by atoms with E-state index in [1.807, 2.05) is 69.2 Å². The second-order valence-corrected chi connectivity index (χ2v) is 10.8. The summed E-state index contributed by atoms with van der Waals surface area (Å²) in [7, 11) is 10.7. The number of aromatic amines is 2. The van der Waals surface area contributed by atoms with Crippen molar-refractivity contribution < 1.29 is 34.4 Å². The lowest BCUT2D eigenvalue weighted by Crippen LogP contribution is -2.20. The maximum Gasteiger partial charge on any atom is 0.345 e. The van der Waals surface area contributed by atoms with Crippen LogP contribution in [0.4, 0.5) is 11.4 Å². The number of carbonyl (C=O) groups is 2. The number of aromatic hydroxyl groups is 1. The molecule has 2 heterocycles. The van der Waals surface area contributed by atoms with E-state index < -0.39 is 34.4 Å². The molecule has 0 amide bonds. The van der Waals surface area contributed by atoms with Crippen LogP contribution >= 0.6 is 0 Å². The summed E-state index contributed by atoms with van der Waals surface area (Å²) in [4.78, 5) is 55.5. The molecule has 250 valence electrons. The molecule has 13 heteroatoms. The van der Waals surface area contributed by atoms with Gasteiger partial charge in [-0.05, 0) is 48.7 Å². The first-order chi connectivity index (χ1) is 22.2. The van der Waals surface area contributed by atoms with Crippen LogP contribution in [0.25, 0.3) is 22.5 Å². The van der Waals surface area contributed by atoms with E-state index in [-0.39, 0.29) is 5.56 Å². The molecule has 5 N–H and O–H groups in total. The number of methoxy groups -OCH3 is 2. The number of aryl methyl sites for hydroxylation is 1. The average Bonchev–Trinajstić information content (AvgIpc) is 3.03. The molecule has 0 atom stereocenters. The number of hydrogen-bond acceptors (Lipinski definition) is 9. The fourth-order valence-electron chi connectivity index (χ4n) is 4.98. The summed E-state index contributed by atoms with van der Waals surface area (Å²) in [6.45, 7) is 3.67. The van der Waals surface area contributed by atoms with E-state index >= 15 is 0 Å². The summed E-state index contributed by atoms with van der Waals surface area (Å²) in [6.07, 6.45) is 0.932. The van der Waals surface area contributed by atoms with Crippen molar-refractivity contribution >= 4 is 23.3 Å². The maximum atomic E-state index is 12.1. The van der Waals surface area contributed by atoms with Gasteiger partial charge in [-0.1, -0.05) is 13.8 Å². The third kappa shape index (κ3) is 7.57. The van der Waals surface area contributed by atoms with Crippen molar-refractivity contribution in [2.75, 3.05) is 52.2 Å². The fraction of sp³-hybridized carbons (Fsp3) is 0.294. The third-order valence-electron chi connectivity index (χ3n) is 7.53. The highest BCUT2D eigenvalue weighted by Gasteiger charge is 2.23. The van der Waals surface area contributed by atoms with Gasteiger partial charge in [0.25, 0.3) is 11.1 Å². The predicted molar refractivity (Wildman–Crippen MR) is 181 cm³/mol. The number of rotatable bonds is 10. The Balaban J connectivity index is 0.000000256. The van der Waals surface area contributed by atoms with E-state index in [4.69, 9.17) is 19.7 Å². The molecule has 0 saturated heterocycles. The highest BCUT2D eigenvalue weighted by atomic mass is 16.5. The minimum absolute atomic E-state index is 0.255. The molecule has 2 aromatic carbocycles. The van der Waals surface area contributed by atoms with Gasteiger partial charge in [-0.3, -0.25) is 9.59 Å². The molecule has 0 aliphatic heterocycles. The summed E-state index contributed by atoms with van der Waals surface area (Å²) in [5.74, 6) is -2.09.